The van der Waals surface area contributed by atoms with E-state index in [0.717, 1.165) is 5.75 Å². The van der Waals surface area contributed by atoms with E-state index in [1.54, 1.807) is 11.8 Å². The summed E-state index contributed by atoms with van der Waals surface area (Å²) in [5.41, 5.74) is -0.412. The largest absolute Gasteiger partial charge is 0.346 e. The minimum Gasteiger partial charge on any atom is -0.346 e. The first kappa shape index (κ1) is 24.5. The first-order valence-electron chi connectivity index (χ1n) is 10.2. The molecule has 0 aliphatic carbocycles. The number of rotatable bonds is 15. The second kappa shape index (κ2) is 14.6. The molecular formula is C21H41NO2S. The molecule has 0 saturated carbocycles. The van der Waals surface area contributed by atoms with Crippen LogP contribution in [0.4, 0.5) is 0 Å². The highest BCUT2D eigenvalue weighted by Crippen LogP contribution is 2.20. The molecule has 25 heavy (non-hydrogen) atoms. The number of unbranched alkanes of at least 4 members (excludes halogenated alkanes) is 9. The molecule has 3 nitrogen and oxygen atoms in total. The van der Waals surface area contributed by atoms with Crippen LogP contribution in [0.1, 0.15) is 98.8 Å². The SMILES string of the molecule is CCCCCCCCCCCCSC[C@@H](NC(C)=O)C(=O)C(C)(C)C. The maximum Gasteiger partial charge on any atom is 0.217 e. The predicted molar refractivity (Wildman–Crippen MR) is 111 cm³/mol. The first-order chi connectivity index (χ1) is 11.8. The lowest BCUT2D eigenvalue weighted by Crippen LogP contribution is -2.46. The highest BCUT2D eigenvalue weighted by Gasteiger charge is 2.29. The number of hydrogen-bond donors (Lipinski definition) is 1. The summed E-state index contributed by atoms with van der Waals surface area (Å²) in [5.74, 6) is 1.76. The van der Waals surface area contributed by atoms with Crippen molar-refractivity contribution in [1.82, 2.24) is 5.32 Å². The van der Waals surface area contributed by atoms with Gasteiger partial charge in [0.1, 0.15) is 0 Å². The van der Waals surface area contributed by atoms with Gasteiger partial charge in [0.2, 0.25) is 5.91 Å². The Morgan fingerprint density at radius 1 is 0.880 bits per heavy atom. The normalized spacial score (nSPS) is 12.8. The molecular weight excluding hydrogens is 330 g/mol. The van der Waals surface area contributed by atoms with E-state index in [0.29, 0.717) is 5.75 Å². The molecule has 0 unspecified atom stereocenters. The molecule has 0 bridgehead atoms. The predicted octanol–water partition coefficient (Wildman–Crippen LogP) is 5.76. The Hall–Kier alpha value is -0.510. The number of hydrogen-bond acceptors (Lipinski definition) is 3. The van der Waals surface area contributed by atoms with Crippen molar-refractivity contribution in [2.24, 2.45) is 5.41 Å². The fraction of sp³-hybridized carbons (Fsp3) is 0.905. The topological polar surface area (TPSA) is 46.2 Å². The van der Waals surface area contributed by atoms with Gasteiger partial charge in [0.05, 0.1) is 6.04 Å². The van der Waals surface area contributed by atoms with E-state index in [-0.39, 0.29) is 17.7 Å². The lowest BCUT2D eigenvalue weighted by atomic mass is 9.87. The smallest absolute Gasteiger partial charge is 0.217 e. The van der Waals surface area contributed by atoms with Crippen molar-refractivity contribution >= 4 is 23.5 Å². The van der Waals surface area contributed by atoms with Gasteiger partial charge in [-0.1, -0.05) is 85.5 Å². The van der Waals surface area contributed by atoms with E-state index in [9.17, 15) is 9.59 Å². The van der Waals surface area contributed by atoms with Gasteiger partial charge in [0, 0.05) is 18.1 Å². The fourth-order valence-electron chi connectivity index (χ4n) is 2.84. The monoisotopic (exact) mass is 371 g/mol. The van der Waals surface area contributed by atoms with Gasteiger partial charge in [0.25, 0.3) is 0 Å². The summed E-state index contributed by atoms with van der Waals surface area (Å²) in [6, 6.07) is -0.356. The second-order valence-corrected chi connectivity index (χ2v) is 9.27. The van der Waals surface area contributed by atoms with Crippen LogP contribution in [-0.2, 0) is 9.59 Å². The summed E-state index contributed by atoms with van der Waals surface area (Å²) in [6.45, 7) is 9.48. The Morgan fingerprint density at radius 2 is 1.36 bits per heavy atom. The van der Waals surface area contributed by atoms with E-state index in [1.165, 1.54) is 71.1 Å². The van der Waals surface area contributed by atoms with Crippen LogP contribution < -0.4 is 5.32 Å². The van der Waals surface area contributed by atoms with Crippen molar-refractivity contribution in [2.45, 2.75) is 105 Å². The van der Waals surface area contributed by atoms with Gasteiger partial charge in [-0.05, 0) is 12.2 Å². The van der Waals surface area contributed by atoms with Crippen LogP contribution in [0.2, 0.25) is 0 Å². The van der Waals surface area contributed by atoms with Crippen LogP contribution >= 0.6 is 11.8 Å². The number of amides is 1. The quantitative estimate of drug-likeness (QED) is 0.372. The summed E-state index contributed by atoms with van der Waals surface area (Å²) in [7, 11) is 0. The van der Waals surface area contributed by atoms with Crippen LogP contribution in [0, 0.1) is 5.41 Å². The van der Waals surface area contributed by atoms with E-state index in [4.69, 9.17) is 0 Å². The molecule has 0 rings (SSSR count). The van der Waals surface area contributed by atoms with Crippen molar-refractivity contribution in [2.75, 3.05) is 11.5 Å². The maximum atomic E-state index is 12.4. The zero-order valence-corrected chi connectivity index (χ0v) is 18.1. The fourth-order valence-corrected chi connectivity index (χ4v) is 3.89. The molecule has 1 amide bonds. The third-order valence-electron chi connectivity index (χ3n) is 4.36. The third kappa shape index (κ3) is 14.4. The highest BCUT2D eigenvalue weighted by molar-refractivity contribution is 7.99. The molecule has 0 aromatic heterocycles. The van der Waals surface area contributed by atoms with Gasteiger partial charge in [0.15, 0.2) is 5.78 Å². The van der Waals surface area contributed by atoms with Crippen molar-refractivity contribution in [3.63, 3.8) is 0 Å². The van der Waals surface area contributed by atoms with Crippen molar-refractivity contribution < 1.29 is 9.59 Å². The molecule has 1 N–H and O–H groups in total. The molecule has 0 aromatic rings. The minimum atomic E-state index is -0.412. The van der Waals surface area contributed by atoms with Gasteiger partial charge < -0.3 is 5.32 Å². The van der Waals surface area contributed by atoms with Crippen LogP contribution in [-0.4, -0.2) is 29.2 Å². The maximum absolute atomic E-state index is 12.4. The van der Waals surface area contributed by atoms with Gasteiger partial charge in [-0.2, -0.15) is 11.8 Å². The van der Waals surface area contributed by atoms with Gasteiger partial charge >= 0.3 is 0 Å². The lowest BCUT2D eigenvalue weighted by molar-refractivity contribution is -0.131. The molecule has 4 heteroatoms. The minimum absolute atomic E-state index is 0.123. The number of thioether (sulfide) groups is 1. The summed E-state index contributed by atoms with van der Waals surface area (Å²) < 4.78 is 0. The highest BCUT2D eigenvalue weighted by atomic mass is 32.2. The van der Waals surface area contributed by atoms with E-state index in [2.05, 4.69) is 12.2 Å². The molecule has 148 valence electrons. The molecule has 1 atom stereocenters. The first-order valence-corrected chi connectivity index (χ1v) is 11.3. The Balaban J connectivity index is 3.72. The zero-order valence-electron chi connectivity index (χ0n) is 17.3. The van der Waals surface area contributed by atoms with Crippen molar-refractivity contribution in [1.29, 1.82) is 0 Å². The average Bonchev–Trinajstić information content (AvgIpc) is 2.52. The van der Waals surface area contributed by atoms with Gasteiger partial charge in [-0.15, -0.1) is 0 Å². The molecule has 0 saturated heterocycles. The van der Waals surface area contributed by atoms with Crippen LogP contribution in [0.3, 0.4) is 0 Å². The number of carbonyl (C=O) groups is 2. The molecule has 0 aliphatic heterocycles. The zero-order chi connectivity index (χ0) is 19.1. The van der Waals surface area contributed by atoms with Crippen molar-refractivity contribution in [3.8, 4) is 0 Å². The molecule has 0 radical (unpaired) electrons. The summed E-state index contributed by atoms with van der Waals surface area (Å²) in [4.78, 5) is 23.7. The van der Waals surface area contributed by atoms with E-state index < -0.39 is 5.41 Å². The standard InChI is InChI=1S/C21H41NO2S/c1-6-7-8-9-10-11-12-13-14-15-16-25-17-19(22-18(2)23)20(24)21(3,4)5/h19H,6-17H2,1-5H3,(H,22,23)/t19-/m1/s1. The summed E-state index contributed by atoms with van der Waals surface area (Å²) in [6.07, 6.45) is 13.4. The molecule has 0 heterocycles. The number of nitrogens with one attached hydrogen (secondary N) is 1. The molecule has 0 spiro atoms. The molecule has 0 fully saturated rings. The Kier molecular flexibility index (Phi) is 14.3. The summed E-state index contributed by atoms with van der Waals surface area (Å²) in [5, 5.41) is 2.82. The van der Waals surface area contributed by atoms with Gasteiger partial charge in [-0.3, -0.25) is 9.59 Å². The Labute approximate surface area is 160 Å². The Bertz CT molecular complexity index is 363. The van der Waals surface area contributed by atoms with Crippen LogP contribution in [0.15, 0.2) is 0 Å². The van der Waals surface area contributed by atoms with Crippen LogP contribution in [0.25, 0.3) is 0 Å². The molecule has 0 aromatic carbocycles. The van der Waals surface area contributed by atoms with Gasteiger partial charge in [-0.25, -0.2) is 0 Å². The Morgan fingerprint density at radius 3 is 1.80 bits per heavy atom. The lowest BCUT2D eigenvalue weighted by Gasteiger charge is -2.24. The number of ketones is 1. The number of Topliss-reactive ketones (excluding diaryl/α,β-unsaturated/α-hetero) is 1. The summed E-state index contributed by atoms with van der Waals surface area (Å²) >= 11 is 1.79. The third-order valence-corrected chi connectivity index (χ3v) is 5.51. The second-order valence-electron chi connectivity index (χ2n) is 8.12. The number of carbonyl (C=O) groups excluding carboxylic acids is 2. The average molecular weight is 372 g/mol. The van der Waals surface area contributed by atoms with Crippen LogP contribution in [0.5, 0.6) is 0 Å². The molecule has 0 aliphatic rings. The van der Waals surface area contributed by atoms with Crippen molar-refractivity contribution in [3.05, 3.63) is 0 Å². The van der Waals surface area contributed by atoms with E-state index in [1.807, 2.05) is 20.8 Å². The van der Waals surface area contributed by atoms with E-state index >= 15 is 0 Å².